The van der Waals surface area contributed by atoms with Gasteiger partial charge >= 0.3 is 0 Å². The molecule has 2 aromatic heterocycles. The van der Waals surface area contributed by atoms with Crippen LogP contribution in [0, 0.1) is 13.8 Å². The van der Waals surface area contributed by atoms with Crippen molar-refractivity contribution in [2.45, 2.75) is 39.3 Å². The van der Waals surface area contributed by atoms with Crippen molar-refractivity contribution in [3.8, 4) is 0 Å². The van der Waals surface area contributed by atoms with Crippen LogP contribution in [0.3, 0.4) is 0 Å². The lowest BCUT2D eigenvalue weighted by atomic mass is 10.2. The average molecular weight is 242 g/mol. The fraction of sp³-hybridized carbons (Fsp3) is 0.429. The molecule has 0 aliphatic heterocycles. The van der Waals surface area contributed by atoms with E-state index in [9.17, 15) is 0 Å². The molecule has 0 atom stereocenters. The number of nitrogens with one attached hydrogen (secondary N) is 1. The van der Waals surface area contributed by atoms with Gasteiger partial charge in [0, 0.05) is 24.1 Å². The highest BCUT2D eigenvalue weighted by Crippen LogP contribution is 2.24. The lowest BCUT2D eigenvalue weighted by Crippen LogP contribution is -2.09. The molecule has 4 heteroatoms. The summed E-state index contributed by atoms with van der Waals surface area (Å²) < 4.78 is 2.17. The number of anilines is 1. The van der Waals surface area contributed by atoms with Crippen LogP contribution in [-0.4, -0.2) is 20.6 Å². The monoisotopic (exact) mass is 242 g/mol. The van der Waals surface area contributed by atoms with Gasteiger partial charge < -0.3 is 9.88 Å². The second kappa shape index (κ2) is 4.44. The largest absolute Gasteiger partial charge is 0.353 e. The van der Waals surface area contributed by atoms with Crippen molar-refractivity contribution in [3.05, 3.63) is 41.5 Å². The van der Waals surface area contributed by atoms with E-state index in [2.05, 4.69) is 32.1 Å². The molecule has 0 saturated heterocycles. The number of hydrogen-bond acceptors (Lipinski definition) is 3. The van der Waals surface area contributed by atoms with E-state index in [-0.39, 0.29) is 0 Å². The first kappa shape index (κ1) is 11.3. The standard InChI is InChI=1S/C14H18N4/c1-10-3-4-12(7-15-10)9-18-8-11(2)16-14(18)17-13-5-6-13/h3-4,7-8,13H,5-6,9H2,1-2H3,(H,16,17). The third-order valence-corrected chi connectivity index (χ3v) is 3.13. The van der Waals surface area contributed by atoms with Gasteiger partial charge in [-0.2, -0.15) is 0 Å². The topological polar surface area (TPSA) is 42.7 Å². The molecule has 0 aromatic carbocycles. The maximum atomic E-state index is 4.54. The average Bonchev–Trinajstić information content (AvgIpc) is 3.08. The molecule has 1 N–H and O–H groups in total. The molecule has 0 unspecified atom stereocenters. The summed E-state index contributed by atoms with van der Waals surface area (Å²) in [5.41, 5.74) is 3.31. The van der Waals surface area contributed by atoms with Crippen molar-refractivity contribution >= 4 is 5.95 Å². The van der Waals surface area contributed by atoms with Crippen molar-refractivity contribution in [1.29, 1.82) is 0 Å². The summed E-state index contributed by atoms with van der Waals surface area (Å²) in [4.78, 5) is 8.87. The summed E-state index contributed by atoms with van der Waals surface area (Å²) in [6, 6.07) is 4.80. The summed E-state index contributed by atoms with van der Waals surface area (Å²) >= 11 is 0. The van der Waals surface area contributed by atoms with E-state index in [1.54, 1.807) is 0 Å². The third kappa shape index (κ3) is 2.53. The first-order valence-electron chi connectivity index (χ1n) is 6.42. The summed E-state index contributed by atoms with van der Waals surface area (Å²) in [5.74, 6) is 0.982. The van der Waals surface area contributed by atoms with Crippen LogP contribution in [0.4, 0.5) is 5.95 Å². The number of aromatic nitrogens is 3. The highest BCUT2D eigenvalue weighted by Gasteiger charge is 2.22. The normalized spacial score (nSPS) is 14.8. The molecule has 0 bridgehead atoms. The van der Waals surface area contributed by atoms with Gasteiger partial charge in [0.1, 0.15) is 0 Å². The van der Waals surface area contributed by atoms with Crippen molar-refractivity contribution in [1.82, 2.24) is 14.5 Å². The summed E-state index contributed by atoms with van der Waals surface area (Å²) in [6.07, 6.45) is 6.55. The van der Waals surface area contributed by atoms with E-state index in [1.807, 2.05) is 26.1 Å². The highest BCUT2D eigenvalue weighted by molar-refractivity contribution is 5.33. The molecule has 94 valence electrons. The van der Waals surface area contributed by atoms with Crippen molar-refractivity contribution in [2.24, 2.45) is 0 Å². The van der Waals surface area contributed by atoms with Crippen LogP contribution >= 0.6 is 0 Å². The first-order valence-corrected chi connectivity index (χ1v) is 6.42. The minimum atomic E-state index is 0.627. The van der Waals surface area contributed by atoms with Crippen LogP contribution < -0.4 is 5.32 Å². The van der Waals surface area contributed by atoms with Gasteiger partial charge in [-0.05, 0) is 38.3 Å². The first-order chi connectivity index (χ1) is 8.70. The van der Waals surface area contributed by atoms with Gasteiger partial charge in [0.05, 0.1) is 12.2 Å². The number of nitrogens with zero attached hydrogens (tertiary/aromatic N) is 3. The smallest absolute Gasteiger partial charge is 0.203 e. The minimum absolute atomic E-state index is 0.627. The van der Waals surface area contributed by atoms with Gasteiger partial charge in [0.25, 0.3) is 0 Å². The molecule has 1 aliphatic carbocycles. The molecule has 4 nitrogen and oxygen atoms in total. The zero-order chi connectivity index (χ0) is 12.5. The molecule has 0 amide bonds. The summed E-state index contributed by atoms with van der Waals surface area (Å²) in [5, 5.41) is 3.47. The minimum Gasteiger partial charge on any atom is -0.353 e. The van der Waals surface area contributed by atoms with Crippen LogP contribution in [0.25, 0.3) is 0 Å². The Bertz CT molecular complexity index is 537. The second-order valence-corrected chi connectivity index (χ2v) is 5.06. The maximum absolute atomic E-state index is 4.54. The third-order valence-electron chi connectivity index (χ3n) is 3.13. The molecule has 1 aliphatic rings. The van der Waals surface area contributed by atoms with Crippen molar-refractivity contribution in [2.75, 3.05) is 5.32 Å². The van der Waals surface area contributed by atoms with Gasteiger partial charge in [-0.25, -0.2) is 4.98 Å². The Morgan fingerprint density at radius 3 is 2.78 bits per heavy atom. The zero-order valence-electron chi connectivity index (χ0n) is 10.8. The van der Waals surface area contributed by atoms with E-state index in [4.69, 9.17) is 0 Å². The Labute approximate surface area is 107 Å². The van der Waals surface area contributed by atoms with E-state index >= 15 is 0 Å². The Kier molecular flexibility index (Phi) is 2.78. The molecule has 0 spiro atoms. The van der Waals surface area contributed by atoms with Crippen molar-refractivity contribution in [3.63, 3.8) is 0 Å². The van der Waals surface area contributed by atoms with Gasteiger partial charge in [0.15, 0.2) is 0 Å². The molecule has 2 heterocycles. The predicted molar refractivity (Wildman–Crippen MR) is 71.7 cm³/mol. The number of pyridine rings is 1. The Morgan fingerprint density at radius 2 is 2.11 bits per heavy atom. The molecule has 1 saturated carbocycles. The molecular formula is C14H18N4. The molecule has 0 radical (unpaired) electrons. The number of hydrogen-bond donors (Lipinski definition) is 1. The van der Waals surface area contributed by atoms with E-state index in [1.165, 1.54) is 18.4 Å². The van der Waals surface area contributed by atoms with E-state index in [0.717, 1.165) is 23.9 Å². The summed E-state index contributed by atoms with van der Waals surface area (Å²) in [6.45, 7) is 4.86. The van der Waals surface area contributed by atoms with Crippen LogP contribution in [0.2, 0.25) is 0 Å². The van der Waals surface area contributed by atoms with E-state index < -0.39 is 0 Å². The number of imidazole rings is 1. The Morgan fingerprint density at radius 1 is 1.28 bits per heavy atom. The molecule has 2 aromatic rings. The fourth-order valence-electron chi connectivity index (χ4n) is 1.98. The lowest BCUT2D eigenvalue weighted by Gasteiger charge is -2.09. The van der Waals surface area contributed by atoms with E-state index in [0.29, 0.717) is 6.04 Å². The van der Waals surface area contributed by atoms with Gasteiger partial charge in [-0.3, -0.25) is 4.98 Å². The van der Waals surface area contributed by atoms with Crippen LogP contribution in [0.15, 0.2) is 24.5 Å². The second-order valence-electron chi connectivity index (χ2n) is 5.06. The van der Waals surface area contributed by atoms with Crippen molar-refractivity contribution < 1.29 is 0 Å². The number of aryl methyl sites for hydroxylation is 2. The van der Waals surface area contributed by atoms with Gasteiger partial charge in [0.2, 0.25) is 5.95 Å². The molecule has 1 fully saturated rings. The molecule has 18 heavy (non-hydrogen) atoms. The SMILES string of the molecule is Cc1ccc(Cn2cc(C)nc2NC2CC2)cn1. The zero-order valence-corrected chi connectivity index (χ0v) is 10.8. The highest BCUT2D eigenvalue weighted by atomic mass is 15.2. The Balaban J connectivity index is 1.80. The summed E-state index contributed by atoms with van der Waals surface area (Å²) in [7, 11) is 0. The van der Waals surface area contributed by atoms with Gasteiger partial charge in [-0.15, -0.1) is 0 Å². The quantitative estimate of drug-likeness (QED) is 0.895. The fourth-order valence-corrected chi connectivity index (χ4v) is 1.98. The van der Waals surface area contributed by atoms with Crippen LogP contribution in [0.5, 0.6) is 0 Å². The lowest BCUT2D eigenvalue weighted by molar-refractivity contribution is 0.791. The number of rotatable bonds is 4. The van der Waals surface area contributed by atoms with Gasteiger partial charge in [-0.1, -0.05) is 6.07 Å². The van der Waals surface area contributed by atoms with Crippen LogP contribution in [-0.2, 0) is 6.54 Å². The predicted octanol–water partition coefficient (Wildman–Crippen LogP) is 2.52. The molecule has 3 rings (SSSR count). The van der Waals surface area contributed by atoms with Crippen LogP contribution in [0.1, 0.15) is 29.8 Å². The molecular weight excluding hydrogens is 224 g/mol. The maximum Gasteiger partial charge on any atom is 0.203 e. The Hall–Kier alpha value is -1.84.